The van der Waals surface area contributed by atoms with Crippen LogP contribution in [-0.4, -0.2) is 41.8 Å². The number of nitrogen functional groups attached to an aromatic ring is 1. The molecule has 2 heterocycles. The predicted molar refractivity (Wildman–Crippen MR) is 80.5 cm³/mol. The monoisotopic (exact) mass is 269 g/mol. The van der Waals surface area contributed by atoms with E-state index in [4.69, 9.17) is 5.73 Å². The molecule has 0 bridgehead atoms. The van der Waals surface area contributed by atoms with Crippen LogP contribution in [0.15, 0.2) is 42.5 Å². The van der Waals surface area contributed by atoms with E-state index in [0.29, 0.717) is 11.9 Å². The van der Waals surface area contributed by atoms with Crippen molar-refractivity contribution in [3.8, 4) is 0 Å². The Morgan fingerprint density at radius 1 is 1.05 bits per heavy atom. The van der Waals surface area contributed by atoms with Crippen LogP contribution >= 0.6 is 0 Å². The molecule has 2 N–H and O–H groups in total. The summed E-state index contributed by atoms with van der Waals surface area (Å²) in [5.41, 5.74) is 6.93. The van der Waals surface area contributed by atoms with Crippen molar-refractivity contribution in [1.29, 1.82) is 0 Å². The Balaban J connectivity index is 1.92. The quantitative estimate of drug-likeness (QED) is 0.896. The molecule has 5 heteroatoms. The van der Waals surface area contributed by atoms with E-state index in [0.717, 1.165) is 25.5 Å². The third-order valence-electron chi connectivity index (χ3n) is 3.73. The van der Waals surface area contributed by atoms with Crippen LogP contribution in [0.4, 0.5) is 11.6 Å². The Labute approximate surface area is 119 Å². The number of piperazine rings is 1. The maximum Gasteiger partial charge on any atom is 0.151 e. The third-order valence-corrected chi connectivity index (χ3v) is 3.73. The van der Waals surface area contributed by atoms with Gasteiger partial charge in [0, 0.05) is 19.6 Å². The van der Waals surface area contributed by atoms with E-state index in [1.54, 1.807) is 0 Å². The fourth-order valence-corrected chi connectivity index (χ4v) is 2.64. The summed E-state index contributed by atoms with van der Waals surface area (Å²) in [6, 6.07) is 14.6. The highest BCUT2D eigenvalue weighted by Gasteiger charge is 2.27. The van der Waals surface area contributed by atoms with Crippen molar-refractivity contribution in [3.63, 3.8) is 0 Å². The molecule has 5 nitrogen and oxygen atoms in total. The van der Waals surface area contributed by atoms with Gasteiger partial charge in [-0.3, -0.25) is 0 Å². The minimum Gasteiger partial charge on any atom is -0.382 e. The maximum atomic E-state index is 5.62. The van der Waals surface area contributed by atoms with E-state index in [1.165, 1.54) is 5.56 Å². The molecule has 0 spiro atoms. The second-order valence-corrected chi connectivity index (χ2v) is 5.20. The smallest absolute Gasteiger partial charge is 0.151 e. The number of hydrogen-bond donors (Lipinski definition) is 1. The summed E-state index contributed by atoms with van der Waals surface area (Å²) in [7, 11) is 2.15. The lowest BCUT2D eigenvalue weighted by atomic mass is 10.0. The highest BCUT2D eigenvalue weighted by Crippen LogP contribution is 2.28. The lowest BCUT2D eigenvalue weighted by Gasteiger charge is -2.40. The molecule has 0 saturated carbocycles. The van der Waals surface area contributed by atoms with Crippen molar-refractivity contribution in [1.82, 2.24) is 15.1 Å². The highest BCUT2D eigenvalue weighted by molar-refractivity contribution is 5.45. The van der Waals surface area contributed by atoms with Crippen LogP contribution in [-0.2, 0) is 0 Å². The lowest BCUT2D eigenvalue weighted by Crippen LogP contribution is -2.47. The van der Waals surface area contributed by atoms with Gasteiger partial charge in [-0.1, -0.05) is 30.3 Å². The number of aromatic nitrogens is 2. The number of anilines is 2. The molecular formula is C15H19N5. The largest absolute Gasteiger partial charge is 0.382 e. The molecule has 0 amide bonds. The summed E-state index contributed by atoms with van der Waals surface area (Å²) in [5.74, 6) is 1.35. The summed E-state index contributed by atoms with van der Waals surface area (Å²) in [5, 5.41) is 8.21. The minimum absolute atomic E-state index is 0.299. The van der Waals surface area contributed by atoms with Crippen LogP contribution in [0.25, 0.3) is 0 Å². The van der Waals surface area contributed by atoms with E-state index in [1.807, 2.05) is 18.2 Å². The Morgan fingerprint density at radius 3 is 2.55 bits per heavy atom. The molecular weight excluding hydrogens is 250 g/mol. The molecule has 20 heavy (non-hydrogen) atoms. The summed E-state index contributed by atoms with van der Waals surface area (Å²) < 4.78 is 0. The molecule has 1 saturated heterocycles. The first-order valence-corrected chi connectivity index (χ1v) is 6.83. The third kappa shape index (κ3) is 2.58. The molecule has 1 atom stereocenters. The zero-order valence-electron chi connectivity index (χ0n) is 11.6. The van der Waals surface area contributed by atoms with Gasteiger partial charge in [0.1, 0.15) is 5.82 Å². The van der Waals surface area contributed by atoms with Crippen LogP contribution in [0, 0.1) is 0 Å². The number of nitrogens with zero attached hydrogens (tertiary/aromatic N) is 4. The predicted octanol–water partition coefficient (Wildman–Crippen LogP) is 1.55. The molecule has 3 rings (SSSR count). The minimum atomic E-state index is 0.299. The van der Waals surface area contributed by atoms with E-state index in [-0.39, 0.29) is 0 Å². The van der Waals surface area contributed by atoms with Crippen LogP contribution in [0.1, 0.15) is 11.6 Å². The summed E-state index contributed by atoms with van der Waals surface area (Å²) in [4.78, 5) is 4.65. The van der Waals surface area contributed by atoms with Gasteiger partial charge in [0.05, 0.1) is 6.04 Å². The van der Waals surface area contributed by atoms with Gasteiger partial charge in [0.25, 0.3) is 0 Å². The van der Waals surface area contributed by atoms with E-state index >= 15 is 0 Å². The molecule has 1 unspecified atom stereocenters. The molecule has 0 radical (unpaired) electrons. The normalized spacial score (nSPS) is 20.1. The first kappa shape index (κ1) is 12.9. The van der Waals surface area contributed by atoms with E-state index < -0.39 is 0 Å². The fourth-order valence-electron chi connectivity index (χ4n) is 2.64. The van der Waals surface area contributed by atoms with Gasteiger partial charge in [-0.05, 0) is 24.7 Å². The average molecular weight is 269 g/mol. The SMILES string of the molecule is CN1CCN(c2ccc(N)nn2)C(c2ccccc2)C1. The van der Waals surface area contributed by atoms with Crippen molar-refractivity contribution in [2.24, 2.45) is 0 Å². The van der Waals surface area contributed by atoms with Crippen molar-refractivity contribution in [3.05, 3.63) is 48.0 Å². The van der Waals surface area contributed by atoms with Crippen molar-refractivity contribution >= 4 is 11.6 Å². The second-order valence-electron chi connectivity index (χ2n) is 5.20. The molecule has 1 aromatic carbocycles. The van der Waals surface area contributed by atoms with Gasteiger partial charge >= 0.3 is 0 Å². The molecule has 2 aromatic rings. The van der Waals surface area contributed by atoms with Crippen molar-refractivity contribution in [2.45, 2.75) is 6.04 Å². The van der Waals surface area contributed by atoms with E-state index in [2.05, 4.69) is 51.3 Å². The van der Waals surface area contributed by atoms with Gasteiger partial charge in [-0.2, -0.15) is 0 Å². The molecule has 0 aliphatic carbocycles. The average Bonchev–Trinajstić information content (AvgIpc) is 2.49. The Bertz CT molecular complexity index is 554. The number of rotatable bonds is 2. The number of nitrogens with two attached hydrogens (primary N) is 1. The molecule has 1 aromatic heterocycles. The molecule has 1 aliphatic rings. The zero-order chi connectivity index (χ0) is 13.9. The molecule has 1 aliphatic heterocycles. The Hall–Kier alpha value is -2.14. The summed E-state index contributed by atoms with van der Waals surface area (Å²) in [6.07, 6.45) is 0. The molecule has 104 valence electrons. The number of benzene rings is 1. The van der Waals surface area contributed by atoms with Crippen molar-refractivity contribution < 1.29 is 0 Å². The Morgan fingerprint density at radius 2 is 1.85 bits per heavy atom. The zero-order valence-corrected chi connectivity index (χ0v) is 11.6. The first-order valence-electron chi connectivity index (χ1n) is 6.83. The first-order chi connectivity index (χ1) is 9.74. The van der Waals surface area contributed by atoms with Gasteiger partial charge in [-0.15, -0.1) is 10.2 Å². The number of hydrogen-bond acceptors (Lipinski definition) is 5. The van der Waals surface area contributed by atoms with Crippen LogP contribution < -0.4 is 10.6 Å². The molecule has 1 fully saturated rings. The number of likely N-dealkylation sites (N-methyl/N-ethyl adjacent to an activating group) is 1. The topological polar surface area (TPSA) is 58.3 Å². The van der Waals surface area contributed by atoms with E-state index in [9.17, 15) is 0 Å². The highest BCUT2D eigenvalue weighted by atomic mass is 15.3. The standard InChI is InChI=1S/C15H19N5/c1-19-9-10-20(15-8-7-14(16)17-18-15)13(11-19)12-5-3-2-4-6-12/h2-8,13H,9-11H2,1H3,(H2,16,17). The summed E-state index contributed by atoms with van der Waals surface area (Å²) >= 11 is 0. The Kier molecular flexibility index (Phi) is 3.52. The fraction of sp³-hybridized carbons (Fsp3) is 0.333. The van der Waals surface area contributed by atoms with Gasteiger partial charge < -0.3 is 15.5 Å². The van der Waals surface area contributed by atoms with Crippen molar-refractivity contribution in [2.75, 3.05) is 37.3 Å². The van der Waals surface area contributed by atoms with Crippen LogP contribution in [0.3, 0.4) is 0 Å². The van der Waals surface area contributed by atoms with Crippen LogP contribution in [0.5, 0.6) is 0 Å². The lowest BCUT2D eigenvalue weighted by molar-refractivity contribution is 0.268. The second kappa shape index (κ2) is 5.46. The van der Waals surface area contributed by atoms with Gasteiger partial charge in [0.2, 0.25) is 0 Å². The van der Waals surface area contributed by atoms with Gasteiger partial charge in [0.15, 0.2) is 5.82 Å². The van der Waals surface area contributed by atoms with Gasteiger partial charge in [-0.25, -0.2) is 0 Å². The maximum absolute atomic E-state index is 5.62. The summed E-state index contributed by atoms with van der Waals surface area (Å²) in [6.45, 7) is 2.94. The van der Waals surface area contributed by atoms with Crippen LogP contribution in [0.2, 0.25) is 0 Å².